The monoisotopic (exact) mass is 513 g/mol. The zero-order valence-corrected chi connectivity index (χ0v) is 18.7. The molecule has 4 heterocycles. The summed E-state index contributed by atoms with van der Waals surface area (Å²) in [6, 6.07) is 8.37. The molecule has 1 saturated heterocycles. The number of nitrogens with one attached hydrogen (secondary N) is 3. The highest BCUT2D eigenvalue weighted by Crippen LogP contribution is 2.24. The van der Waals surface area contributed by atoms with Crippen molar-refractivity contribution in [3.8, 4) is 11.6 Å². The molecule has 0 atom stereocenters. The molecule has 3 aromatic heterocycles. The van der Waals surface area contributed by atoms with E-state index in [1.165, 1.54) is 5.00 Å². The van der Waals surface area contributed by atoms with Gasteiger partial charge in [-0.05, 0) is 42.5 Å². The zero-order valence-electron chi connectivity index (χ0n) is 15.6. The van der Waals surface area contributed by atoms with Crippen LogP contribution in [0.25, 0.3) is 11.6 Å². The number of halogens is 1. The Morgan fingerprint density at radius 3 is 2.89 bits per heavy atom. The standard InChI is InChI=1S/C18H23N7OS.HI/c1-19-18(20-12-15-22-17(24-23-15)14-4-2-10-26-14)21-13-6-8-25(9-7-13)16-5-3-11-27-16;/h2-5,10-11,13H,6-9,12H2,1H3,(H2,19,20,21)(H,22,23,24);1H. The van der Waals surface area contributed by atoms with Crippen LogP contribution in [0.15, 0.2) is 45.3 Å². The molecule has 1 fully saturated rings. The molecule has 4 rings (SSSR count). The summed E-state index contributed by atoms with van der Waals surface area (Å²) in [5, 5.41) is 17.4. The normalized spacial score (nSPS) is 15.3. The van der Waals surface area contributed by atoms with Crippen molar-refractivity contribution >= 4 is 46.3 Å². The first-order valence-corrected chi connectivity index (χ1v) is 9.90. The predicted octanol–water partition coefficient (Wildman–Crippen LogP) is 3.08. The number of aromatic amines is 1. The third-order valence-electron chi connectivity index (χ3n) is 4.57. The molecule has 8 nitrogen and oxygen atoms in total. The molecule has 1 aliphatic heterocycles. The fourth-order valence-corrected chi connectivity index (χ4v) is 3.93. The third kappa shape index (κ3) is 5.04. The lowest BCUT2D eigenvalue weighted by molar-refractivity contribution is 0.462. The Balaban J connectivity index is 0.00000225. The Bertz CT molecular complexity index is 855. The van der Waals surface area contributed by atoms with Crippen LogP contribution in [-0.4, -0.2) is 47.3 Å². The van der Waals surface area contributed by atoms with E-state index in [1.807, 2.05) is 12.1 Å². The molecule has 150 valence electrons. The number of thiophene rings is 1. The lowest BCUT2D eigenvalue weighted by Gasteiger charge is -2.33. The molecule has 0 unspecified atom stereocenters. The highest BCUT2D eigenvalue weighted by molar-refractivity contribution is 14.0. The van der Waals surface area contributed by atoms with Crippen LogP contribution in [0.3, 0.4) is 0 Å². The number of nitrogens with zero attached hydrogens (tertiary/aromatic N) is 4. The van der Waals surface area contributed by atoms with E-state index in [9.17, 15) is 0 Å². The van der Waals surface area contributed by atoms with Crippen LogP contribution in [0, 0.1) is 0 Å². The van der Waals surface area contributed by atoms with Crippen LogP contribution in [0.4, 0.5) is 5.00 Å². The number of rotatable bonds is 5. The molecular weight excluding hydrogens is 489 g/mol. The first-order valence-electron chi connectivity index (χ1n) is 9.02. The Morgan fingerprint density at radius 2 is 2.21 bits per heavy atom. The summed E-state index contributed by atoms with van der Waals surface area (Å²) in [7, 11) is 1.78. The maximum Gasteiger partial charge on any atom is 0.216 e. The van der Waals surface area contributed by atoms with Gasteiger partial charge in [-0.2, -0.15) is 0 Å². The summed E-state index contributed by atoms with van der Waals surface area (Å²) in [6.07, 6.45) is 3.78. The second-order valence-corrected chi connectivity index (χ2v) is 7.29. The van der Waals surface area contributed by atoms with Crippen molar-refractivity contribution in [1.82, 2.24) is 25.8 Å². The lowest BCUT2D eigenvalue weighted by Crippen LogP contribution is -2.48. The number of aromatic nitrogens is 3. The van der Waals surface area contributed by atoms with Gasteiger partial charge in [0, 0.05) is 26.2 Å². The number of hydrogen-bond acceptors (Lipinski definition) is 6. The van der Waals surface area contributed by atoms with Crippen molar-refractivity contribution in [2.75, 3.05) is 25.0 Å². The average Bonchev–Trinajstić information content (AvgIpc) is 3.47. The average molecular weight is 513 g/mol. The first-order chi connectivity index (χ1) is 13.3. The Morgan fingerprint density at radius 1 is 1.36 bits per heavy atom. The second-order valence-electron chi connectivity index (χ2n) is 6.37. The topological polar surface area (TPSA) is 94.4 Å². The van der Waals surface area contributed by atoms with Crippen molar-refractivity contribution in [1.29, 1.82) is 0 Å². The van der Waals surface area contributed by atoms with Crippen LogP contribution >= 0.6 is 35.3 Å². The van der Waals surface area contributed by atoms with E-state index in [-0.39, 0.29) is 24.0 Å². The third-order valence-corrected chi connectivity index (χ3v) is 5.50. The number of furan rings is 1. The molecule has 0 bridgehead atoms. The fraction of sp³-hybridized carbons (Fsp3) is 0.389. The van der Waals surface area contributed by atoms with Gasteiger partial charge in [0.15, 0.2) is 11.7 Å². The van der Waals surface area contributed by atoms with Gasteiger partial charge in [0.25, 0.3) is 0 Å². The van der Waals surface area contributed by atoms with E-state index < -0.39 is 0 Å². The molecule has 10 heteroatoms. The summed E-state index contributed by atoms with van der Waals surface area (Å²) in [4.78, 5) is 11.2. The van der Waals surface area contributed by atoms with Gasteiger partial charge < -0.3 is 20.0 Å². The minimum Gasteiger partial charge on any atom is -0.461 e. The van der Waals surface area contributed by atoms with Crippen molar-refractivity contribution in [3.05, 3.63) is 41.7 Å². The number of piperidine rings is 1. The van der Waals surface area contributed by atoms with E-state index in [0.29, 0.717) is 24.2 Å². The summed E-state index contributed by atoms with van der Waals surface area (Å²) < 4.78 is 5.31. The Kier molecular flexibility index (Phi) is 7.31. The number of hydrogen-bond donors (Lipinski definition) is 3. The van der Waals surface area contributed by atoms with Gasteiger partial charge in [0.05, 0.1) is 17.8 Å². The quantitative estimate of drug-likeness (QED) is 0.276. The second kappa shape index (κ2) is 9.92. The van der Waals surface area contributed by atoms with E-state index in [2.05, 4.69) is 53.2 Å². The summed E-state index contributed by atoms with van der Waals surface area (Å²) >= 11 is 1.80. The van der Waals surface area contributed by atoms with Crippen LogP contribution in [-0.2, 0) is 6.54 Å². The lowest BCUT2D eigenvalue weighted by atomic mass is 10.1. The number of aliphatic imine (C=N–C) groups is 1. The van der Waals surface area contributed by atoms with Crippen LogP contribution in [0.1, 0.15) is 18.7 Å². The van der Waals surface area contributed by atoms with Gasteiger partial charge in [-0.1, -0.05) is 0 Å². The molecule has 3 aromatic rings. The van der Waals surface area contributed by atoms with Gasteiger partial charge in [-0.25, -0.2) is 4.98 Å². The number of anilines is 1. The van der Waals surface area contributed by atoms with Crippen LogP contribution in [0.2, 0.25) is 0 Å². The molecular formula is C18H24IN7OS. The summed E-state index contributed by atoms with van der Waals surface area (Å²) in [5.41, 5.74) is 0. The summed E-state index contributed by atoms with van der Waals surface area (Å²) in [6.45, 7) is 2.63. The van der Waals surface area contributed by atoms with E-state index in [4.69, 9.17) is 4.42 Å². The van der Waals surface area contributed by atoms with E-state index in [1.54, 1.807) is 24.6 Å². The van der Waals surface area contributed by atoms with Gasteiger partial charge >= 0.3 is 0 Å². The van der Waals surface area contributed by atoms with E-state index >= 15 is 0 Å². The molecule has 3 N–H and O–H groups in total. The maximum absolute atomic E-state index is 5.31. The van der Waals surface area contributed by atoms with E-state index in [0.717, 1.165) is 37.7 Å². The Labute approximate surface area is 184 Å². The SMILES string of the molecule is CN=C(NCc1nc(-c2ccco2)n[nH]1)NC1CCN(c2cccs2)CC1.I. The van der Waals surface area contributed by atoms with Gasteiger partial charge in [0.1, 0.15) is 5.82 Å². The molecule has 0 amide bonds. The van der Waals surface area contributed by atoms with Gasteiger partial charge in [0.2, 0.25) is 5.82 Å². The summed E-state index contributed by atoms with van der Waals surface area (Å²) in [5.74, 6) is 2.72. The first kappa shape index (κ1) is 20.6. The highest BCUT2D eigenvalue weighted by Gasteiger charge is 2.20. The highest BCUT2D eigenvalue weighted by atomic mass is 127. The predicted molar refractivity (Wildman–Crippen MR) is 122 cm³/mol. The minimum atomic E-state index is 0. The molecule has 0 aliphatic carbocycles. The molecule has 1 aliphatic rings. The minimum absolute atomic E-state index is 0. The molecule has 28 heavy (non-hydrogen) atoms. The van der Waals surface area contributed by atoms with Crippen molar-refractivity contribution in [3.63, 3.8) is 0 Å². The van der Waals surface area contributed by atoms with Crippen molar-refractivity contribution < 1.29 is 4.42 Å². The van der Waals surface area contributed by atoms with Crippen LogP contribution in [0.5, 0.6) is 0 Å². The van der Waals surface area contributed by atoms with Crippen LogP contribution < -0.4 is 15.5 Å². The fourth-order valence-electron chi connectivity index (χ4n) is 3.14. The molecule has 0 spiro atoms. The zero-order chi connectivity index (χ0) is 18.5. The largest absolute Gasteiger partial charge is 0.461 e. The van der Waals surface area contributed by atoms with Gasteiger partial charge in [-0.3, -0.25) is 10.1 Å². The number of H-pyrrole nitrogens is 1. The Hall–Kier alpha value is -2.08. The smallest absolute Gasteiger partial charge is 0.216 e. The number of guanidine groups is 1. The van der Waals surface area contributed by atoms with Crippen molar-refractivity contribution in [2.45, 2.75) is 25.4 Å². The van der Waals surface area contributed by atoms with Crippen molar-refractivity contribution in [2.24, 2.45) is 4.99 Å². The molecule has 0 saturated carbocycles. The van der Waals surface area contributed by atoms with Gasteiger partial charge in [-0.15, -0.1) is 40.4 Å². The maximum atomic E-state index is 5.31. The molecule has 0 radical (unpaired) electrons. The molecule has 0 aromatic carbocycles.